The van der Waals surface area contributed by atoms with Gasteiger partial charge in [0.25, 0.3) is 0 Å². The van der Waals surface area contributed by atoms with Gasteiger partial charge in [-0.15, -0.1) is 0 Å². The van der Waals surface area contributed by atoms with Crippen LogP contribution in [-0.2, 0) is 6.54 Å². The highest BCUT2D eigenvalue weighted by Gasteiger charge is 2.26. The molecule has 8 heteroatoms. The molecule has 0 amide bonds. The molecule has 5 nitrogen and oxygen atoms in total. The van der Waals surface area contributed by atoms with Crippen molar-refractivity contribution in [2.24, 2.45) is 4.99 Å². The quantitative estimate of drug-likeness (QED) is 0.483. The summed E-state index contributed by atoms with van der Waals surface area (Å²) in [4.78, 5) is 8.42. The van der Waals surface area contributed by atoms with Crippen LogP contribution in [0.5, 0.6) is 0 Å². The number of benzene rings is 1. The molecule has 2 rings (SSSR count). The lowest BCUT2D eigenvalue weighted by molar-refractivity contribution is -0.132. The minimum absolute atomic E-state index is 0.186. The first-order valence-electron chi connectivity index (χ1n) is 7.84. The second-order valence-electron chi connectivity index (χ2n) is 5.44. The number of guanidine groups is 1. The van der Waals surface area contributed by atoms with Gasteiger partial charge >= 0.3 is 6.18 Å². The Bertz CT molecular complexity index is 691. The molecule has 1 heterocycles. The van der Waals surface area contributed by atoms with Crippen LogP contribution in [0, 0.1) is 6.92 Å². The van der Waals surface area contributed by atoms with Crippen LogP contribution in [0.3, 0.4) is 0 Å². The molecule has 0 aliphatic carbocycles. The maximum absolute atomic E-state index is 12.1. The molecule has 0 saturated heterocycles. The van der Waals surface area contributed by atoms with Crippen LogP contribution < -0.4 is 10.6 Å². The molecular formula is C16H22F3N5. The highest BCUT2D eigenvalue weighted by molar-refractivity contribution is 5.79. The Balaban J connectivity index is 1.78. The zero-order valence-corrected chi connectivity index (χ0v) is 13.8. The van der Waals surface area contributed by atoms with Gasteiger partial charge in [-0.1, -0.05) is 12.1 Å². The first-order chi connectivity index (χ1) is 11.4. The van der Waals surface area contributed by atoms with E-state index in [1.165, 1.54) is 7.05 Å². The van der Waals surface area contributed by atoms with E-state index in [2.05, 4.69) is 25.2 Å². The molecule has 0 aliphatic heterocycles. The topological polar surface area (TPSA) is 54.2 Å². The fraction of sp³-hybridized carbons (Fsp3) is 0.500. The highest BCUT2D eigenvalue weighted by atomic mass is 19.4. The summed E-state index contributed by atoms with van der Waals surface area (Å²) in [7, 11) is 1.54. The van der Waals surface area contributed by atoms with Gasteiger partial charge in [-0.05, 0) is 25.5 Å². The number of nitrogens with one attached hydrogen (secondary N) is 2. The van der Waals surface area contributed by atoms with Gasteiger partial charge in [0.1, 0.15) is 5.82 Å². The molecule has 0 aliphatic rings. The number of fused-ring (bicyclic) bond motifs is 1. The van der Waals surface area contributed by atoms with Crippen LogP contribution >= 0.6 is 0 Å². The number of halogens is 3. The largest absolute Gasteiger partial charge is 0.390 e. The number of rotatable bonds is 6. The number of nitrogens with zero attached hydrogens (tertiary/aromatic N) is 3. The van der Waals surface area contributed by atoms with E-state index in [4.69, 9.17) is 0 Å². The average Bonchev–Trinajstić information content (AvgIpc) is 2.84. The second-order valence-corrected chi connectivity index (χ2v) is 5.44. The molecule has 0 spiro atoms. The van der Waals surface area contributed by atoms with Crippen molar-refractivity contribution in [2.75, 3.05) is 20.1 Å². The lowest BCUT2D eigenvalue weighted by atomic mass is 10.3. The van der Waals surface area contributed by atoms with Crippen LogP contribution in [0.25, 0.3) is 11.0 Å². The molecule has 0 bridgehead atoms. The van der Waals surface area contributed by atoms with E-state index in [9.17, 15) is 13.2 Å². The number of aromatic nitrogens is 2. The van der Waals surface area contributed by atoms with E-state index in [1.54, 1.807) is 0 Å². The van der Waals surface area contributed by atoms with Crippen molar-refractivity contribution in [3.8, 4) is 0 Å². The molecule has 2 N–H and O–H groups in total. The molecule has 0 atom stereocenters. The van der Waals surface area contributed by atoms with Gasteiger partial charge in [0.15, 0.2) is 5.96 Å². The standard InChI is InChI=1S/C16H22F3N5/c1-12-23-13-6-3-4-7-14(13)24(12)11-5-9-21-15(20-2)22-10-8-16(17,18)19/h3-4,6-7H,5,8-11H2,1-2H3,(H2,20,21,22). The Morgan fingerprint density at radius 3 is 2.62 bits per heavy atom. The number of aliphatic imine (C=N–C) groups is 1. The van der Waals surface area contributed by atoms with E-state index in [0.717, 1.165) is 29.8 Å². The molecule has 1 aromatic heterocycles. The summed E-state index contributed by atoms with van der Waals surface area (Å²) >= 11 is 0. The first-order valence-corrected chi connectivity index (χ1v) is 7.84. The highest BCUT2D eigenvalue weighted by Crippen LogP contribution is 2.18. The van der Waals surface area contributed by atoms with Crippen molar-refractivity contribution in [1.82, 2.24) is 20.2 Å². The van der Waals surface area contributed by atoms with Crippen LogP contribution in [0.1, 0.15) is 18.7 Å². The molecule has 0 radical (unpaired) electrons. The number of para-hydroxylation sites is 2. The molecule has 0 saturated carbocycles. The Kier molecular flexibility index (Phi) is 6.05. The van der Waals surface area contributed by atoms with Crippen molar-refractivity contribution in [3.63, 3.8) is 0 Å². The van der Waals surface area contributed by atoms with Crippen molar-refractivity contribution in [3.05, 3.63) is 30.1 Å². The van der Waals surface area contributed by atoms with Gasteiger partial charge in [0, 0.05) is 26.7 Å². The Labute approximate surface area is 139 Å². The van der Waals surface area contributed by atoms with Crippen molar-refractivity contribution < 1.29 is 13.2 Å². The lowest BCUT2D eigenvalue weighted by Crippen LogP contribution is -2.39. The summed E-state index contributed by atoms with van der Waals surface area (Å²) in [5.74, 6) is 1.33. The van der Waals surface area contributed by atoms with Gasteiger partial charge in [-0.25, -0.2) is 4.98 Å². The maximum atomic E-state index is 12.1. The summed E-state index contributed by atoms with van der Waals surface area (Å²) in [6, 6.07) is 7.94. The monoisotopic (exact) mass is 341 g/mol. The van der Waals surface area contributed by atoms with Crippen LogP contribution in [0.4, 0.5) is 13.2 Å². The number of hydrogen-bond donors (Lipinski definition) is 2. The van der Waals surface area contributed by atoms with Gasteiger partial charge in [-0.3, -0.25) is 4.99 Å². The molecular weight excluding hydrogens is 319 g/mol. The van der Waals surface area contributed by atoms with E-state index >= 15 is 0 Å². The van der Waals surface area contributed by atoms with Crippen LogP contribution in [0.15, 0.2) is 29.3 Å². The van der Waals surface area contributed by atoms with E-state index in [0.29, 0.717) is 12.5 Å². The number of hydrogen-bond acceptors (Lipinski definition) is 2. The molecule has 132 valence electrons. The summed E-state index contributed by atoms with van der Waals surface area (Å²) in [6.07, 6.45) is -4.24. The molecule has 0 unspecified atom stereocenters. The predicted molar refractivity (Wildman–Crippen MR) is 89.1 cm³/mol. The van der Waals surface area contributed by atoms with E-state index < -0.39 is 12.6 Å². The average molecular weight is 341 g/mol. The molecule has 1 aromatic carbocycles. The number of aryl methyl sites for hydroxylation is 2. The predicted octanol–water partition coefficient (Wildman–Crippen LogP) is 2.85. The van der Waals surface area contributed by atoms with Crippen molar-refractivity contribution >= 4 is 17.0 Å². The van der Waals surface area contributed by atoms with Gasteiger partial charge in [0.05, 0.1) is 17.5 Å². The smallest absolute Gasteiger partial charge is 0.356 e. The van der Waals surface area contributed by atoms with Crippen LogP contribution in [-0.4, -0.2) is 41.8 Å². The number of alkyl halides is 3. The third kappa shape index (κ3) is 5.14. The maximum Gasteiger partial charge on any atom is 0.390 e. The van der Waals surface area contributed by atoms with Gasteiger partial charge < -0.3 is 15.2 Å². The summed E-state index contributed by atoms with van der Waals surface area (Å²) in [5.41, 5.74) is 2.05. The Morgan fingerprint density at radius 2 is 1.92 bits per heavy atom. The molecule has 0 fully saturated rings. The van der Waals surface area contributed by atoms with E-state index in [1.807, 2.05) is 31.2 Å². The third-order valence-electron chi connectivity index (χ3n) is 3.62. The third-order valence-corrected chi connectivity index (χ3v) is 3.62. The lowest BCUT2D eigenvalue weighted by Gasteiger charge is -2.13. The molecule has 24 heavy (non-hydrogen) atoms. The SMILES string of the molecule is CN=C(NCCCn1c(C)nc2ccccc21)NCCC(F)(F)F. The summed E-state index contributed by atoms with van der Waals surface area (Å²) in [5, 5.41) is 5.68. The fourth-order valence-electron chi connectivity index (χ4n) is 2.47. The zero-order chi connectivity index (χ0) is 17.6. The minimum atomic E-state index is -4.16. The van der Waals surface area contributed by atoms with Gasteiger partial charge in [0.2, 0.25) is 0 Å². The Hall–Kier alpha value is -2.25. The fourth-order valence-corrected chi connectivity index (χ4v) is 2.47. The zero-order valence-electron chi connectivity index (χ0n) is 13.8. The van der Waals surface area contributed by atoms with Crippen LogP contribution in [0.2, 0.25) is 0 Å². The minimum Gasteiger partial charge on any atom is -0.356 e. The van der Waals surface area contributed by atoms with Gasteiger partial charge in [-0.2, -0.15) is 13.2 Å². The number of imidazole rings is 1. The second kappa shape index (κ2) is 8.03. The van der Waals surface area contributed by atoms with E-state index in [-0.39, 0.29) is 6.54 Å². The first kappa shape index (κ1) is 18.1. The van der Waals surface area contributed by atoms with Crippen molar-refractivity contribution in [2.45, 2.75) is 32.5 Å². The van der Waals surface area contributed by atoms with Crippen molar-refractivity contribution in [1.29, 1.82) is 0 Å². The summed E-state index contributed by atoms with van der Waals surface area (Å²) < 4.78 is 38.5. The summed E-state index contributed by atoms with van der Waals surface area (Å²) in [6.45, 7) is 3.16. The normalized spacial score (nSPS) is 12.6. The molecule has 2 aromatic rings. The Morgan fingerprint density at radius 1 is 1.21 bits per heavy atom.